The number of ether oxygens (including phenoxy) is 1. The first-order valence-corrected chi connectivity index (χ1v) is 7.80. The molecule has 0 aromatic carbocycles. The molecular weight excluding hydrogens is 298 g/mol. The lowest BCUT2D eigenvalue weighted by Crippen LogP contribution is -2.43. The number of nitrogens with zero attached hydrogens (tertiary/aromatic N) is 1. The topological polar surface area (TPSA) is 63.2 Å². The summed E-state index contributed by atoms with van der Waals surface area (Å²) in [6.45, 7) is 8.86. The van der Waals surface area contributed by atoms with E-state index in [0.717, 1.165) is 11.4 Å². The average Bonchev–Trinajstić information content (AvgIpc) is 2.71. The first-order valence-electron chi connectivity index (χ1n) is 6.60. The van der Waals surface area contributed by atoms with Crippen molar-refractivity contribution < 1.29 is 9.53 Å². The second-order valence-electron chi connectivity index (χ2n) is 5.44. The van der Waals surface area contributed by atoms with Gasteiger partial charge in [-0.1, -0.05) is 18.5 Å². The van der Waals surface area contributed by atoms with Crippen LogP contribution in [0, 0.1) is 0 Å². The number of aromatic nitrogens is 1. The summed E-state index contributed by atoms with van der Waals surface area (Å²) in [5, 5.41) is 7.03. The molecule has 0 aliphatic heterocycles. The Morgan fingerprint density at radius 1 is 1.55 bits per heavy atom. The monoisotopic (exact) mass is 319 g/mol. The molecule has 1 amide bonds. The lowest BCUT2D eigenvalue weighted by molar-refractivity contribution is 0.0502. The molecule has 114 valence electrons. The summed E-state index contributed by atoms with van der Waals surface area (Å²) >= 11 is 7.26. The molecule has 7 heteroatoms. The molecule has 20 heavy (non-hydrogen) atoms. The number of alkyl carbamates (subject to hydrolysis) is 1. The van der Waals surface area contributed by atoms with Crippen LogP contribution in [0.4, 0.5) is 4.79 Å². The first-order chi connectivity index (χ1) is 9.30. The van der Waals surface area contributed by atoms with Crippen molar-refractivity contribution in [1.82, 2.24) is 15.6 Å². The fraction of sp³-hybridized carbons (Fsp3) is 0.692. The summed E-state index contributed by atoms with van der Waals surface area (Å²) in [4.78, 5) is 15.8. The van der Waals surface area contributed by atoms with Gasteiger partial charge in [-0.15, -0.1) is 11.3 Å². The van der Waals surface area contributed by atoms with Crippen molar-refractivity contribution in [2.45, 2.75) is 52.3 Å². The molecule has 1 aromatic heterocycles. The van der Waals surface area contributed by atoms with Gasteiger partial charge in [-0.2, -0.15) is 0 Å². The molecule has 0 bridgehead atoms. The minimum atomic E-state index is -0.479. The van der Waals surface area contributed by atoms with Crippen LogP contribution in [0.1, 0.15) is 39.1 Å². The van der Waals surface area contributed by atoms with E-state index in [2.05, 4.69) is 15.6 Å². The van der Waals surface area contributed by atoms with Gasteiger partial charge >= 0.3 is 6.09 Å². The molecule has 0 aliphatic rings. The van der Waals surface area contributed by atoms with Crippen LogP contribution in [-0.4, -0.2) is 29.3 Å². The Labute approximate surface area is 129 Å². The van der Waals surface area contributed by atoms with Crippen LogP contribution >= 0.6 is 22.9 Å². The van der Waals surface area contributed by atoms with Crippen molar-refractivity contribution in [3.63, 3.8) is 0 Å². The lowest BCUT2D eigenvalue weighted by Gasteiger charge is -2.23. The van der Waals surface area contributed by atoms with Gasteiger partial charge in [0.2, 0.25) is 0 Å². The number of halogens is 1. The fourth-order valence-electron chi connectivity index (χ4n) is 1.49. The zero-order valence-corrected chi connectivity index (χ0v) is 13.9. The Bertz CT molecular complexity index is 431. The van der Waals surface area contributed by atoms with Gasteiger partial charge in [0.15, 0.2) is 0 Å². The van der Waals surface area contributed by atoms with Gasteiger partial charge in [-0.25, -0.2) is 9.78 Å². The van der Waals surface area contributed by atoms with Crippen molar-refractivity contribution in [3.8, 4) is 0 Å². The number of hydrogen-bond acceptors (Lipinski definition) is 5. The molecule has 0 saturated carbocycles. The SMILES string of the molecule is CCC(CNCc1ncc(Cl)s1)NC(=O)OC(C)(C)C. The zero-order chi connectivity index (χ0) is 15.2. The molecule has 2 N–H and O–H groups in total. The van der Waals surface area contributed by atoms with Crippen molar-refractivity contribution in [2.24, 2.45) is 0 Å². The average molecular weight is 320 g/mol. The third-order valence-corrected chi connectivity index (χ3v) is 3.52. The number of rotatable bonds is 6. The summed E-state index contributed by atoms with van der Waals surface area (Å²) in [5.74, 6) is 0. The Morgan fingerprint density at radius 3 is 2.75 bits per heavy atom. The van der Waals surface area contributed by atoms with E-state index >= 15 is 0 Å². The van der Waals surface area contributed by atoms with Crippen LogP contribution in [0.25, 0.3) is 0 Å². The number of amides is 1. The molecule has 1 heterocycles. The maximum Gasteiger partial charge on any atom is 0.407 e. The van der Waals surface area contributed by atoms with Gasteiger partial charge in [0.25, 0.3) is 0 Å². The highest BCUT2D eigenvalue weighted by atomic mass is 35.5. The Balaban J connectivity index is 2.30. The molecule has 0 saturated heterocycles. The smallest absolute Gasteiger partial charge is 0.407 e. The van der Waals surface area contributed by atoms with Crippen LogP contribution < -0.4 is 10.6 Å². The Hall–Kier alpha value is -0.850. The predicted molar refractivity (Wildman–Crippen MR) is 82.3 cm³/mol. The van der Waals surface area contributed by atoms with Gasteiger partial charge in [0.1, 0.15) is 14.9 Å². The van der Waals surface area contributed by atoms with Crippen molar-refractivity contribution in [3.05, 3.63) is 15.5 Å². The number of carbonyl (C=O) groups excluding carboxylic acids is 1. The fourth-order valence-corrected chi connectivity index (χ4v) is 2.42. The van der Waals surface area contributed by atoms with E-state index in [1.54, 1.807) is 6.20 Å². The highest BCUT2D eigenvalue weighted by Crippen LogP contribution is 2.17. The minimum absolute atomic E-state index is 0.0280. The third-order valence-electron chi connectivity index (χ3n) is 2.41. The Morgan fingerprint density at radius 2 is 2.25 bits per heavy atom. The maximum atomic E-state index is 11.7. The van der Waals surface area contributed by atoms with Crippen LogP contribution in [0.5, 0.6) is 0 Å². The van der Waals surface area contributed by atoms with Crippen molar-refractivity contribution >= 4 is 29.0 Å². The summed E-state index contributed by atoms with van der Waals surface area (Å²) in [5.41, 5.74) is -0.479. The predicted octanol–water partition coefficient (Wildman–Crippen LogP) is 3.19. The third kappa shape index (κ3) is 7.07. The Kier molecular flexibility index (Phi) is 6.71. The first kappa shape index (κ1) is 17.2. The van der Waals surface area contributed by atoms with Crippen molar-refractivity contribution in [1.29, 1.82) is 0 Å². The van der Waals surface area contributed by atoms with Gasteiger partial charge in [0.05, 0.1) is 6.20 Å². The second-order valence-corrected chi connectivity index (χ2v) is 7.19. The number of hydrogen-bond donors (Lipinski definition) is 2. The van der Waals surface area contributed by atoms with E-state index in [1.807, 2.05) is 27.7 Å². The minimum Gasteiger partial charge on any atom is -0.444 e. The largest absolute Gasteiger partial charge is 0.444 e. The molecule has 1 atom stereocenters. The zero-order valence-electron chi connectivity index (χ0n) is 12.3. The number of nitrogens with one attached hydrogen (secondary N) is 2. The van der Waals surface area contributed by atoms with E-state index in [9.17, 15) is 4.79 Å². The normalized spacial score (nSPS) is 13.1. The van der Waals surface area contributed by atoms with E-state index < -0.39 is 5.60 Å². The van der Waals surface area contributed by atoms with Gasteiger partial charge in [-0.3, -0.25) is 0 Å². The molecule has 5 nitrogen and oxygen atoms in total. The summed E-state index contributed by atoms with van der Waals surface area (Å²) in [6.07, 6.45) is 2.08. The second kappa shape index (κ2) is 7.81. The molecule has 0 aliphatic carbocycles. The lowest BCUT2D eigenvalue weighted by atomic mass is 10.2. The van der Waals surface area contributed by atoms with Crippen LogP contribution in [-0.2, 0) is 11.3 Å². The molecule has 0 spiro atoms. The molecular formula is C13H22ClN3O2S. The quantitative estimate of drug-likeness (QED) is 0.845. The molecule has 1 aromatic rings. The van der Waals surface area contributed by atoms with E-state index in [1.165, 1.54) is 11.3 Å². The highest BCUT2D eigenvalue weighted by molar-refractivity contribution is 7.15. The maximum absolute atomic E-state index is 11.7. The molecule has 0 radical (unpaired) electrons. The van der Waals surface area contributed by atoms with E-state index in [0.29, 0.717) is 17.4 Å². The van der Waals surface area contributed by atoms with E-state index in [4.69, 9.17) is 16.3 Å². The van der Waals surface area contributed by atoms with Gasteiger partial charge in [0, 0.05) is 19.1 Å². The van der Waals surface area contributed by atoms with Crippen LogP contribution in [0.3, 0.4) is 0 Å². The van der Waals surface area contributed by atoms with Crippen molar-refractivity contribution in [2.75, 3.05) is 6.54 Å². The summed E-state index contributed by atoms with van der Waals surface area (Å²) < 4.78 is 5.91. The van der Waals surface area contributed by atoms with E-state index in [-0.39, 0.29) is 12.1 Å². The standard InChI is InChI=1S/C13H22ClN3O2S/c1-5-9(17-12(18)19-13(2,3)4)6-15-8-11-16-7-10(14)20-11/h7,9,15H,5-6,8H2,1-4H3,(H,17,18). The van der Waals surface area contributed by atoms with Crippen LogP contribution in [0.2, 0.25) is 4.34 Å². The van der Waals surface area contributed by atoms with Crippen LogP contribution in [0.15, 0.2) is 6.20 Å². The number of carbonyl (C=O) groups is 1. The summed E-state index contributed by atoms with van der Waals surface area (Å²) in [6, 6.07) is 0.0280. The van der Waals surface area contributed by atoms with Gasteiger partial charge < -0.3 is 15.4 Å². The number of thiazole rings is 1. The molecule has 0 fully saturated rings. The highest BCUT2D eigenvalue weighted by Gasteiger charge is 2.18. The molecule has 1 rings (SSSR count). The van der Waals surface area contributed by atoms with Gasteiger partial charge in [-0.05, 0) is 27.2 Å². The molecule has 1 unspecified atom stereocenters. The summed E-state index contributed by atoms with van der Waals surface area (Å²) in [7, 11) is 0.